The number of rotatable bonds is 7. The zero-order valence-electron chi connectivity index (χ0n) is 10.9. The molecule has 0 fully saturated rings. The summed E-state index contributed by atoms with van der Waals surface area (Å²) in [5.41, 5.74) is -0.449. The summed E-state index contributed by atoms with van der Waals surface area (Å²) in [5.74, 6) is -1.33. The van der Waals surface area contributed by atoms with Gasteiger partial charge in [0.1, 0.15) is 0 Å². The quantitative estimate of drug-likeness (QED) is 0.569. The van der Waals surface area contributed by atoms with Crippen molar-refractivity contribution in [3.63, 3.8) is 0 Å². The van der Waals surface area contributed by atoms with Crippen molar-refractivity contribution in [2.24, 2.45) is 5.92 Å². The molecule has 0 saturated heterocycles. The van der Waals surface area contributed by atoms with Crippen LogP contribution >= 0.6 is 0 Å². The molecule has 1 aromatic heterocycles. The minimum Gasteiger partial charge on any atom is -0.380 e. The van der Waals surface area contributed by atoms with E-state index in [1.807, 2.05) is 0 Å². The Morgan fingerprint density at radius 2 is 2.11 bits per heavy atom. The second-order valence-electron chi connectivity index (χ2n) is 4.61. The van der Waals surface area contributed by atoms with Gasteiger partial charge in [-0.15, -0.1) is 0 Å². The van der Waals surface area contributed by atoms with Crippen LogP contribution in [0.4, 0.5) is 13.2 Å². The predicted molar refractivity (Wildman–Crippen MR) is 62.9 cm³/mol. The zero-order chi connectivity index (χ0) is 14.5. The highest BCUT2D eigenvalue weighted by Gasteiger charge is 2.39. The van der Waals surface area contributed by atoms with E-state index in [-0.39, 0.29) is 0 Å². The number of ether oxygens (including phenoxy) is 1. The van der Waals surface area contributed by atoms with Crippen molar-refractivity contribution >= 4 is 5.78 Å². The van der Waals surface area contributed by atoms with Crippen LogP contribution in [-0.2, 0) is 11.3 Å². The van der Waals surface area contributed by atoms with E-state index in [2.05, 4.69) is 18.9 Å². The van der Waals surface area contributed by atoms with E-state index < -0.39 is 17.5 Å². The smallest absolute Gasteiger partial charge is 0.380 e. The molecule has 1 aromatic rings. The number of carbonyl (C=O) groups excluding carboxylic acids is 1. The first-order chi connectivity index (χ1) is 8.80. The number of alkyl halides is 3. The minimum atomic E-state index is -4.86. The number of hydrogen-bond acceptors (Lipinski definition) is 3. The minimum absolute atomic E-state index is 0.323. The first-order valence-electron chi connectivity index (χ1n) is 6.02. The maximum atomic E-state index is 12.2. The van der Waals surface area contributed by atoms with E-state index in [1.54, 1.807) is 0 Å². The van der Waals surface area contributed by atoms with Crippen LogP contribution in [-0.4, -0.2) is 35.0 Å². The largest absolute Gasteiger partial charge is 0.454 e. The lowest BCUT2D eigenvalue weighted by Crippen LogP contribution is -2.22. The fraction of sp³-hybridized carbons (Fsp3) is 0.667. The van der Waals surface area contributed by atoms with Gasteiger partial charge in [-0.25, -0.2) is 0 Å². The molecule has 0 aliphatic carbocycles. The lowest BCUT2D eigenvalue weighted by atomic mass is 10.1. The first-order valence-corrected chi connectivity index (χ1v) is 6.02. The summed E-state index contributed by atoms with van der Waals surface area (Å²) in [4.78, 5) is 10.9. The molecule has 0 aromatic carbocycles. The van der Waals surface area contributed by atoms with E-state index in [1.165, 1.54) is 4.68 Å². The summed E-state index contributed by atoms with van der Waals surface area (Å²) >= 11 is 0. The molecule has 0 radical (unpaired) electrons. The lowest BCUT2D eigenvalue weighted by Gasteiger charge is -2.06. The Morgan fingerprint density at radius 1 is 1.42 bits per heavy atom. The third-order valence-electron chi connectivity index (χ3n) is 2.46. The summed E-state index contributed by atoms with van der Waals surface area (Å²) in [7, 11) is 0. The molecule has 0 unspecified atom stereocenters. The molecule has 4 nitrogen and oxygen atoms in total. The molecule has 0 atom stereocenters. The van der Waals surface area contributed by atoms with Crippen LogP contribution in [0.3, 0.4) is 0 Å². The lowest BCUT2D eigenvalue weighted by molar-refractivity contribution is -0.0885. The molecule has 0 saturated carbocycles. The molecule has 108 valence electrons. The molecule has 0 amide bonds. The zero-order valence-corrected chi connectivity index (χ0v) is 10.9. The van der Waals surface area contributed by atoms with Gasteiger partial charge in [-0.05, 0) is 12.3 Å². The Balaban J connectivity index is 2.37. The number of aromatic nitrogens is 2. The number of ketones is 1. The maximum Gasteiger partial charge on any atom is 0.454 e. The molecule has 1 rings (SSSR count). The van der Waals surface area contributed by atoms with E-state index in [0.29, 0.717) is 25.7 Å². The second-order valence-corrected chi connectivity index (χ2v) is 4.61. The molecule has 0 spiro atoms. The Bertz CT molecular complexity index is 413. The van der Waals surface area contributed by atoms with Crippen molar-refractivity contribution in [1.29, 1.82) is 0 Å². The molecular formula is C12H17F3N2O2. The highest BCUT2D eigenvalue weighted by atomic mass is 19.4. The van der Waals surface area contributed by atoms with Gasteiger partial charge in [0.25, 0.3) is 5.78 Å². The van der Waals surface area contributed by atoms with Gasteiger partial charge in [-0.1, -0.05) is 13.8 Å². The topological polar surface area (TPSA) is 44.1 Å². The molecule has 0 bridgehead atoms. The van der Waals surface area contributed by atoms with Crippen LogP contribution in [0.25, 0.3) is 0 Å². The van der Waals surface area contributed by atoms with Crippen molar-refractivity contribution < 1.29 is 22.7 Å². The van der Waals surface area contributed by atoms with Gasteiger partial charge in [0.2, 0.25) is 0 Å². The Kier molecular flexibility index (Phi) is 5.53. The average molecular weight is 278 g/mol. The number of carbonyl (C=O) groups is 1. The van der Waals surface area contributed by atoms with E-state index in [0.717, 1.165) is 18.8 Å². The van der Waals surface area contributed by atoms with Gasteiger partial charge >= 0.3 is 6.18 Å². The number of hydrogen-bond donors (Lipinski definition) is 0. The van der Waals surface area contributed by atoms with E-state index in [4.69, 9.17) is 4.74 Å². The molecule has 0 N–H and O–H groups in total. The van der Waals surface area contributed by atoms with Crippen LogP contribution in [0.15, 0.2) is 12.4 Å². The van der Waals surface area contributed by atoms with Crippen molar-refractivity contribution in [2.75, 3.05) is 13.2 Å². The van der Waals surface area contributed by atoms with Crippen LogP contribution in [0.5, 0.6) is 0 Å². The highest BCUT2D eigenvalue weighted by Crippen LogP contribution is 2.20. The molecule has 0 aliphatic rings. The van der Waals surface area contributed by atoms with Gasteiger partial charge in [0.15, 0.2) is 0 Å². The third kappa shape index (κ3) is 5.42. The van der Waals surface area contributed by atoms with Crippen LogP contribution < -0.4 is 0 Å². The summed E-state index contributed by atoms with van der Waals surface area (Å²) < 4.78 is 43.1. The van der Waals surface area contributed by atoms with Gasteiger partial charge in [0.05, 0.1) is 24.9 Å². The maximum absolute atomic E-state index is 12.2. The molecule has 0 aliphatic heterocycles. The summed E-state index contributed by atoms with van der Waals surface area (Å²) in [5, 5.41) is 3.70. The van der Waals surface area contributed by atoms with Crippen molar-refractivity contribution in [1.82, 2.24) is 9.78 Å². The average Bonchev–Trinajstić information content (AvgIpc) is 2.74. The van der Waals surface area contributed by atoms with E-state index in [9.17, 15) is 18.0 Å². The standard InChI is InChI=1S/C12H17F3N2O2/c1-9(2)3-5-19-6-4-17-8-10(7-16-17)11(18)12(13,14)15/h7-9H,3-6H2,1-2H3. The van der Waals surface area contributed by atoms with Gasteiger partial charge in [0, 0.05) is 12.8 Å². The molecular weight excluding hydrogens is 261 g/mol. The van der Waals surface area contributed by atoms with Crippen molar-refractivity contribution in [3.05, 3.63) is 18.0 Å². The number of Topliss-reactive ketones (excluding diaryl/α,β-unsaturated/α-hetero) is 1. The Hall–Kier alpha value is -1.37. The van der Waals surface area contributed by atoms with Crippen LogP contribution in [0.2, 0.25) is 0 Å². The predicted octanol–water partition coefficient (Wildman–Crippen LogP) is 2.69. The fourth-order valence-corrected chi connectivity index (χ4v) is 1.35. The van der Waals surface area contributed by atoms with E-state index >= 15 is 0 Å². The number of halogens is 3. The molecule has 1 heterocycles. The normalized spacial score (nSPS) is 12.1. The van der Waals surface area contributed by atoms with Crippen molar-refractivity contribution in [2.45, 2.75) is 33.0 Å². The molecule has 7 heteroatoms. The monoisotopic (exact) mass is 278 g/mol. The van der Waals surface area contributed by atoms with Crippen molar-refractivity contribution in [3.8, 4) is 0 Å². The Morgan fingerprint density at radius 3 is 2.68 bits per heavy atom. The first kappa shape index (κ1) is 15.7. The van der Waals surface area contributed by atoms with Crippen LogP contribution in [0.1, 0.15) is 30.6 Å². The molecule has 19 heavy (non-hydrogen) atoms. The van der Waals surface area contributed by atoms with Gasteiger partial charge in [-0.3, -0.25) is 9.48 Å². The second kappa shape index (κ2) is 6.70. The summed E-state index contributed by atoms with van der Waals surface area (Å²) in [6.45, 7) is 5.43. The Labute approximate surface area is 109 Å². The number of nitrogens with zero attached hydrogens (tertiary/aromatic N) is 2. The van der Waals surface area contributed by atoms with Gasteiger partial charge in [-0.2, -0.15) is 18.3 Å². The third-order valence-corrected chi connectivity index (χ3v) is 2.46. The SMILES string of the molecule is CC(C)CCOCCn1cc(C(=O)C(F)(F)F)cn1. The fourth-order valence-electron chi connectivity index (χ4n) is 1.35. The highest BCUT2D eigenvalue weighted by molar-refractivity contribution is 5.99. The van der Waals surface area contributed by atoms with Gasteiger partial charge < -0.3 is 4.74 Å². The summed E-state index contributed by atoms with van der Waals surface area (Å²) in [6.07, 6.45) is -1.93. The van der Waals surface area contributed by atoms with Crippen LogP contribution in [0, 0.1) is 5.92 Å². The summed E-state index contributed by atoms with van der Waals surface area (Å²) in [6, 6.07) is 0.